The molecule has 88 valence electrons. The van der Waals surface area contributed by atoms with Crippen LogP contribution in [0.2, 0.25) is 0 Å². The Balaban J connectivity index is 2.05. The monoisotopic (exact) mass is 233 g/mol. The van der Waals surface area contributed by atoms with Crippen LogP contribution in [-0.4, -0.2) is 4.98 Å². The Bertz CT molecular complexity index is 672. The van der Waals surface area contributed by atoms with Crippen LogP contribution in [-0.2, 0) is 6.42 Å². The van der Waals surface area contributed by atoms with E-state index in [9.17, 15) is 0 Å². The fraction of sp³-hybridized carbons (Fsp3) is 0.118. The maximum atomic E-state index is 4.06. The lowest BCUT2D eigenvalue weighted by Gasteiger charge is -2.09. The topological polar surface area (TPSA) is 12.9 Å². The number of aromatic nitrogens is 1. The Morgan fingerprint density at radius 3 is 2.50 bits per heavy atom. The highest BCUT2D eigenvalue weighted by molar-refractivity contribution is 5.86. The molecule has 0 spiro atoms. The zero-order valence-corrected chi connectivity index (χ0v) is 10.4. The van der Waals surface area contributed by atoms with E-state index in [1.54, 1.807) is 0 Å². The molecular formula is C17H15N. The largest absolute Gasteiger partial charge is 0.265 e. The second-order valence-electron chi connectivity index (χ2n) is 4.60. The molecule has 1 heterocycles. The van der Waals surface area contributed by atoms with E-state index in [4.69, 9.17) is 0 Å². The van der Waals surface area contributed by atoms with Crippen molar-refractivity contribution in [3.8, 4) is 0 Å². The molecular weight excluding hydrogens is 218 g/mol. The third kappa shape index (κ3) is 2.00. The normalized spacial score (nSPS) is 10.7. The molecule has 0 saturated heterocycles. The molecule has 2 aromatic carbocycles. The minimum atomic E-state index is 0.971. The van der Waals surface area contributed by atoms with Gasteiger partial charge in [0.15, 0.2) is 0 Å². The van der Waals surface area contributed by atoms with Gasteiger partial charge in [0, 0.05) is 12.4 Å². The maximum Gasteiger partial charge on any atom is 0.0270 e. The number of aryl methyl sites for hydroxylation is 1. The lowest BCUT2D eigenvalue weighted by atomic mass is 9.96. The van der Waals surface area contributed by atoms with Gasteiger partial charge in [0.25, 0.3) is 0 Å². The molecule has 0 unspecified atom stereocenters. The van der Waals surface area contributed by atoms with Crippen molar-refractivity contribution in [2.24, 2.45) is 0 Å². The molecule has 0 aliphatic heterocycles. The predicted molar refractivity (Wildman–Crippen MR) is 75.7 cm³/mol. The van der Waals surface area contributed by atoms with Crippen LogP contribution in [0.25, 0.3) is 10.8 Å². The second kappa shape index (κ2) is 4.61. The standard InChI is InChI=1S/C17H15N/c1-13-16(12-14-8-10-18-11-9-14)7-6-15-4-2-3-5-17(13)15/h2-11H,12H2,1H3. The van der Waals surface area contributed by atoms with Crippen LogP contribution in [0, 0.1) is 6.92 Å². The summed E-state index contributed by atoms with van der Waals surface area (Å²) in [7, 11) is 0. The third-order valence-corrected chi connectivity index (χ3v) is 3.45. The predicted octanol–water partition coefficient (Wildman–Crippen LogP) is 4.13. The van der Waals surface area contributed by atoms with E-state index in [0.717, 1.165) is 6.42 Å². The Morgan fingerprint density at radius 2 is 1.67 bits per heavy atom. The number of benzene rings is 2. The van der Waals surface area contributed by atoms with Crippen molar-refractivity contribution in [3.63, 3.8) is 0 Å². The van der Waals surface area contributed by atoms with E-state index in [0.29, 0.717) is 0 Å². The van der Waals surface area contributed by atoms with Gasteiger partial charge in [0.2, 0.25) is 0 Å². The molecule has 18 heavy (non-hydrogen) atoms. The number of hydrogen-bond donors (Lipinski definition) is 0. The number of pyridine rings is 1. The second-order valence-corrected chi connectivity index (χ2v) is 4.60. The molecule has 0 aliphatic rings. The first-order chi connectivity index (χ1) is 8.84. The van der Waals surface area contributed by atoms with E-state index in [2.05, 4.69) is 60.4 Å². The van der Waals surface area contributed by atoms with Crippen molar-refractivity contribution in [2.75, 3.05) is 0 Å². The van der Waals surface area contributed by atoms with Gasteiger partial charge in [-0.25, -0.2) is 0 Å². The van der Waals surface area contributed by atoms with Crippen LogP contribution >= 0.6 is 0 Å². The number of fused-ring (bicyclic) bond motifs is 1. The van der Waals surface area contributed by atoms with E-state index in [1.807, 2.05) is 12.4 Å². The van der Waals surface area contributed by atoms with Gasteiger partial charge in [0.05, 0.1) is 0 Å². The minimum Gasteiger partial charge on any atom is -0.265 e. The van der Waals surface area contributed by atoms with E-state index in [-0.39, 0.29) is 0 Å². The van der Waals surface area contributed by atoms with Crippen LogP contribution in [0.1, 0.15) is 16.7 Å². The van der Waals surface area contributed by atoms with Gasteiger partial charge in [0.1, 0.15) is 0 Å². The molecule has 3 rings (SSSR count). The van der Waals surface area contributed by atoms with E-state index in [1.165, 1.54) is 27.5 Å². The Hall–Kier alpha value is -2.15. The molecule has 1 aromatic heterocycles. The summed E-state index contributed by atoms with van der Waals surface area (Å²) in [6.45, 7) is 2.21. The summed E-state index contributed by atoms with van der Waals surface area (Å²) in [5, 5.41) is 2.66. The summed E-state index contributed by atoms with van der Waals surface area (Å²) in [6, 6.07) is 17.1. The van der Waals surface area contributed by atoms with Crippen molar-refractivity contribution in [2.45, 2.75) is 13.3 Å². The summed E-state index contributed by atoms with van der Waals surface area (Å²) in [4.78, 5) is 4.06. The van der Waals surface area contributed by atoms with Gasteiger partial charge in [-0.2, -0.15) is 0 Å². The first-order valence-electron chi connectivity index (χ1n) is 6.21. The van der Waals surface area contributed by atoms with E-state index < -0.39 is 0 Å². The zero-order chi connectivity index (χ0) is 12.4. The number of nitrogens with zero attached hydrogens (tertiary/aromatic N) is 1. The van der Waals surface area contributed by atoms with Crippen LogP contribution in [0.4, 0.5) is 0 Å². The highest BCUT2D eigenvalue weighted by Gasteiger charge is 2.03. The van der Waals surface area contributed by atoms with Crippen molar-refractivity contribution in [3.05, 3.63) is 77.6 Å². The average molecular weight is 233 g/mol. The fourth-order valence-electron chi connectivity index (χ4n) is 2.38. The Kier molecular flexibility index (Phi) is 2.81. The lowest BCUT2D eigenvalue weighted by Crippen LogP contribution is -1.93. The Labute approximate surface area is 107 Å². The van der Waals surface area contributed by atoms with E-state index >= 15 is 0 Å². The van der Waals surface area contributed by atoms with Crippen molar-refractivity contribution in [1.29, 1.82) is 0 Å². The first kappa shape index (κ1) is 11.0. The minimum absolute atomic E-state index is 0.971. The van der Waals surface area contributed by atoms with Gasteiger partial charge in [-0.1, -0.05) is 36.4 Å². The third-order valence-electron chi connectivity index (χ3n) is 3.45. The zero-order valence-electron chi connectivity index (χ0n) is 10.4. The van der Waals surface area contributed by atoms with Crippen LogP contribution in [0.5, 0.6) is 0 Å². The van der Waals surface area contributed by atoms with Crippen LogP contribution in [0.3, 0.4) is 0 Å². The Morgan fingerprint density at radius 1 is 0.889 bits per heavy atom. The average Bonchev–Trinajstić information content (AvgIpc) is 2.43. The SMILES string of the molecule is Cc1c(Cc2ccncc2)ccc2ccccc12. The lowest BCUT2D eigenvalue weighted by molar-refractivity contribution is 1.14. The van der Waals surface area contributed by atoms with Gasteiger partial charge in [-0.3, -0.25) is 4.98 Å². The van der Waals surface area contributed by atoms with Gasteiger partial charge >= 0.3 is 0 Å². The maximum absolute atomic E-state index is 4.06. The van der Waals surface area contributed by atoms with Crippen molar-refractivity contribution in [1.82, 2.24) is 4.98 Å². The molecule has 0 radical (unpaired) electrons. The number of rotatable bonds is 2. The highest BCUT2D eigenvalue weighted by Crippen LogP contribution is 2.23. The van der Waals surface area contributed by atoms with Gasteiger partial charge in [-0.15, -0.1) is 0 Å². The fourth-order valence-corrected chi connectivity index (χ4v) is 2.38. The number of hydrogen-bond acceptors (Lipinski definition) is 1. The first-order valence-corrected chi connectivity index (χ1v) is 6.21. The summed E-state index contributed by atoms with van der Waals surface area (Å²) in [6.07, 6.45) is 4.68. The molecule has 0 N–H and O–H groups in total. The van der Waals surface area contributed by atoms with Crippen molar-refractivity contribution >= 4 is 10.8 Å². The van der Waals surface area contributed by atoms with Gasteiger partial charge in [-0.05, 0) is 52.9 Å². The van der Waals surface area contributed by atoms with Crippen LogP contribution < -0.4 is 0 Å². The van der Waals surface area contributed by atoms with Gasteiger partial charge < -0.3 is 0 Å². The smallest absolute Gasteiger partial charge is 0.0270 e. The summed E-state index contributed by atoms with van der Waals surface area (Å²) >= 11 is 0. The molecule has 0 atom stereocenters. The molecule has 1 nitrogen and oxygen atoms in total. The summed E-state index contributed by atoms with van der Waals surface area (Å²) in [5.74, 6) is 0. The molecule has 1 heteroatoms. The molecule has 0 saturated carbocycles. The molecule has 0 fully saturated rings. The highest BCUT2D eigenvalue weighted by atomic mass is 14.6. The van der Waals surface area contributed by atoms with Crippen molar-refractivity contribution < 1.29 is 0 Å². The molecule has 0 bridgehead atoms. The summed E-state index contributed by atoms with van der Waals surface area (Å²) < 4.78 is 0. The molecule has 3 aromatic rings. The van der Waals surface area contributed by atoms with Crippen LogP contribution in [0.15, 0.2) is 60.9 Å². The molecule has 0 aliphatic carbocycles. The molecule has 0 amide bonds. The summed E-state index contributed by atoms with van der Waals surface area (Å²) in [5.41, 5.74) is 4.08. The quantitative estimate of drug-likeness (QED) is 0.648.